The SMILES string of the molecule is CC.CCCCC(Cl)B1OC(C)(C)C(C)(C)O1. The lowest BCUT2D eigenvalue weighted by Crippen LogP contribution is -2.41. The van der Waals surface area contributed by atoms with Crippen molar-refractivity contribution in [3.63, 3.8) is 0 Å². The fraction of sp³-hybridized carbons (Fsp3) is 1.00. The minimum absolute atomic E-state index is 0.0361. The van der Waals surface area contributed by atoms with Crippen LogP contribution in [0.2, 0.25) is 0 Å². The summed E-state index contributed by atoms with van der Waals surface area (Å²) in [6.45, 7) is 14.4. The fourth-order valence-electron chi connectivity index (χ4n) is 1.57. The highest BCUT2D eigenvalue weighted by molar-refractivity contribution is 6.59. The molecule has 1 atom stereocenters. The van der Waals surface area contributed by atoms with E-state index in [2.05, 4.69) is 34.6 Å². The highest BCUT2D eigenvalue weighted by atomic mass is 35.5. The second kappa shape index (κ2) is 7.01. The molecule has 4 heteroatoms. The van der Waals surface area contributed by atoms with Crippen LogP contribution in [-0.4, -0.2) is 23.6 Å². The van der Waals surface area contributed by atoms with Crippen LogP contribution in [0, 0.1) is 0 Å². The molecule has 0 aliphatic carbocycles. The number of halogens is 1. The van der Waals surface area contributed by atoms with E-state index in [-0.39, 0.29) is 23.6 Å². The maximum atomic E-state index is 6.27. The first-order valence-electron chi connectivity index (χ1n) is 6.80. The van der Waals surface area contributed by atoms with Gasteiger partial charge in [-0.15, -0.1) is 11.6 Å². The van der Waals surface area contributed by atoms with Gasteiger partial charge >= 0.3 is 7.12 Å². The molecular formula is C13H28BClO2. The van der Waals surface area contributed by atoms with Crippen LogP contribution in [0.4, 0.5) is 0 Å². The van der Waals surface area contributed by atoms with Crippen molar-refractivity contribution in [2.24, 2.45) is 0 Å². The Labute approximate surface area is 113 Å². The second-order valence-electron chi connectivity index (χ2n) is 5.28. The highest BCUT2D eigenvalue weighted by Gasteiger charge is 2.53. The predicted octanol–water partition coefficient (Wildman–Crippen LogP) is 4.44. The van der Waals surface area contributed by atoms with E-state index < -0.39 is 0 Å². The quantitative estimate of drug-likeness (QED) is 0.551. The summed E-state index contributed by atoms with van der Waals surface area (Å²) in [5.74, 6) is 0. The van der Waals surface area contributed by atoms with E-state index in [1.54, 1.807) is 0 Å². The zero-order valence-electron chi connectivity index (χ0n) is 12.5. The predicted molar refractivity (Wildman–Crippen MR) is 76.6 cm³/mol. The van der Waals surface area contributed by atoms with Gasteiger partial charge in [-0.1, -0.05) is 33.6 Å². The summed E-state index contributed by atoms with van der Waals surface area (Å²) in [5, 5.41) is -0.0361. The molecule has 1 heterocycles. The largest absolute Gasteiger partial charge is 0.476 e. The molecule has 1 rings (SSSR count). The van der Waals surface area contributed by atoms with E-state index in [1.165, 1.54) is 0 Å². The Hall–Kier alpha value is 0.275. The van der Waals surface area contributed by atoms with Crippen LogP contribution in [0.15, 0.2) is 0 Å². The molecule has 0 spiro atoms. The molecule has 0 N–H and O–H groups in total. The maximum Gasteiger partial charge on any atom is 0.476 e. The summed E-state index contributed by atoms with van der Waals surface area (Å²) in [6, 6.07) is 0. The lowest BCUT2D eigenvalue weighted by molar-refractivity contribution is 0.00578. The third-order valence-corrected chi connectivity index (χ3v) is 3.82. The zero-order chi connectivity index (χ0) is 13.7. The van der Waals surface area contributed by atoms with Crippen molar-refractivity contribution < 1.29 is 9.31 Å². The molecule has 0 amide bonds. The van der Waals surface area contributed by atoms with E-state index in [9.17, 15) is 0 Å². The molecule has 1 unspecified atom stereocenters. The van der Waals surface area contributed by atoms with Gasteiger partial charge in [-0.3, -0.25) is 0 Å². The Morgan fingerprint density at radius 1 is 1.06 bits per heavy atom. The molecule has 0 aromatic heterocycles. The Morgan fingerprint density at radius 2 is 1.47 bits per heavy atom. The van der Waals surface area contributed by atoms with Gasteiger partial charge in [0.15, 0.2) is 0 Å². The summed E-state index contributed by atoms with van der Waals surface area (Å²) in [4.78, 5) is 0. The molecule has 1 aliphatic heterocycles. The lowest BCUT2D eigenvalue weighted by Gasteiger charge is -2.32. The standard InChI is InChI=1S/C11H22BClO2.C2H6/c1-6-7-8-9(13)12-14-10(2,3)11(4,5)15-12;1-2/h9H,6-8H2,1-5H3;1-2H3. The number of hydrogen-bond acceptors (Lipinski definition) is 2. The van der Waals surface area contributed by atoms with Crippen LogP contribution < -0.4 is 0 Å². The third kappa shape index (κ3) is 4.46. The lowest BCUT2D eigenvalue weighted by atomic mass is 9.81. The molecule has 102 valence electrons. The molecule has 2 nitrogen and oxygen atoms in total. The van der Waals surface area contributed by atoms with E-state index in [4.69, 9.17) is 20.9 Å². The van der Waals surface area contributed by atoms with Gasteiger partial charge in [0.1, 0.15) is 0 Å². The summed E-state index contributed by atoms with van der Waals surface area (Å²) in [7, 11) is -0.261. The Bertz CT molecular complexity index is 203. The van der Waals surface area contributed by atoms with Crippen molar-refractivity contribution >= 4 is 18.7 Å². The average molecular weight is 263 g/mol. The van der Waals surface area contributed by atoms with Gasteiger partial charge < -0.3 is 9.31 Å². The van der Waals surface area contributed by atoms with Gasteiger partial charge in [-0.25, -0.2) is 0 Å². The molecule has 0 aromatic carbocycles. The first kappa shape index (κ1) is 17.3. The molecule has 0 radical (unpaired) electrons. The molecule has 0 saturated carbocycles. The first-order chi connectivity index (χ1) is 7.80. The van der Waals surface area contributed by atoms with Crippen LogP contribution in [0.25, 0.3) is 0 Å². The summed E-state index contributed by atoms with van der Waals surface area (Å²) in [6.07, 6.45) is 3.23. The van der Waals surface area contributed by atoms with Gasteiger partial charge in [-0.05, 0) is 34.1 Å². The summed E-state index contributed by atoms with van der Waals surface area (Å²) in [5.41, 5.74) is -0.534. The Kier molecular flexibility index (Phi) is 7.12. The molecule has 1 fully saturated rings. The topological polar surface area (TPSA) is 18.5 Å². The van der Waals surface area contributed by atoms with Gasteiger partial charge in [0, 0.05) is 0 Å². The minimum Gasteiger partial charge on any atom is -0.402 e. The van der Waals surface area contributed by atoms with Crippen LogP contribution in [0.5, 0.6) is 0 Å². The average Bonchev–Trinajstić information content (AvgIpc) is 2.48. The molecule has 17 heavy (non-hydrogen) atoms. The van der Waals surface area contributed by atoms with E-state index in [0.29, 0.717) is 0 Å². The zero-order valence-corrected chi connectivity index (χ0v) is 13.2. The maximum absolute atomic E-state index is 6.27. The van der Waals surface area contributed by atoms with E-state index in [1.807, 2.05) is 13.8 Å². The number of hydrogen-bond donors (Lipinski definition) is 0. The first-order valence-corrected chi connectivity index (χ1v) is 7.23. The molecule has 0 aromatic rings. The second-order valence-corrected chi connectivity index (χ2v) is 5.84. The molecule has 1 saturated heterocycles. The molecular weight excluding hydrogens is 234 g/mol. The number of alkyl halides is 1. The third-order valence-electron chi connectivity index (χ3n) is 3.40. The summed E-state index contributed by atoms with van der Waals surface area (Å²) >= 11 is 6.27. The van der Waals surface area contributed by atoms with Crippen molar-refractivity contribution in [1.82, 2.24) is 0 Å². The van der Waals surface area contributed by atoms with Crippen LogP contribution in [-0.2, 0) is 9.31 Å². The van der Waals surface area contributed by atoms with Gasteiger partial charge in [0.2, 0.25) is 0 Å². The Morgan fingerprint density at radius 3 is 1.82 bits per heavy atom. The molecule has 0 bridgehead atoms. The minimum atomic E-state index is -0.267. The summed E-state index contributed by atoms with van der Waals surface area (Å²) < 4.78 is 11.7. The van der Waals surface area contributed by atoms with Gasteiger partial charge in [0.05, 0.1) is 16.5 Å². The Balaban J connectivity index is 0.00000121. The van der Waals surface area contributed by atoms with Gasteiger partial charge in [0.25, 0.3) is 0 Å². The molecule has 1 aliphatic rings. The van der Waals surface area contributed by atoms with E-state index in [0.717, 1.165) is 19.3 Å². The van der Waals surface area contributed by atoms with Crippen LogP contribution >= 0.6 is 11.6 Å². The number of rotatable bonds is 4. The highest BCUT2D eigenvalue weighted by Crippen LogP contribution is 2.38. The monoisotopic (exact) mass is 262 g/mol. The fourth-order valence-corrected chi connectivity index (χ4v) is 1.83. The van der Waals surface area contributed by atoms with Crippen molar-refractivity contribution in [3.05, 3.63) is 0 Å². The van der Waals surface area contributed by atoms with Crippen molar-refractivity contribution in [2.75, 3.05) is 0 Å². The van der Waals surface area contributed by atoms with Crippen molar-refractivity contribution in [3.8, 4) is 0 Å². The number of unbranched alkanes of at least 4 members (excludes halogenated alkanes) is 1. The van der Waals surface area contributed by atoms with Gasteiger partial charge in [-0.2, -0.15) is 0 Å². The normalized spacial score (nSPS) is 22.9. The van der Waals surface area contributed by atoms with Crippen molar-refractivity contribution in [1.29, 1.82) is 0 Å². The van der Waals surface area contributed by atoms with Crippen molar-refractivity contribution in [2.45, 2.75) is 84.2 Å². The smallest absolute Gasteiger partial charge is 0.402 e. The van der Waals surface area contributed by atoms with E-state index >= 15 is 0 Å². The van der Waals surface area contributed by atoms with Crippen LogP contribution in [0.3, 0.4) is 0 Å². The van der Waals surface area contributed by atoms with Crippen LogP contribution in [0.1, 0.15) is 67.7 Å².